The van der Waals surface area contributed by atoms with Crippen molar-refractivity contribution in [1.29, 1.82) is 0 Å². The number of esters is 1. The van der Waals surface area contributed by atoms with Crippen molar-refractivity contribution in [1.82, 2.24) is 0 Å². The van der Waals surface area contributed by atoms with E-state index in [0.717, 1.165) is 12.1 Å². The fourth-order valence-corrected chi connectivity index (χ4v) is 1.39. The van der Waals surface area contributed by atoms with Gasteiger partial charge < -0.3 is 6.16 Å². The fourth-order valence-electron chi connectivity index (χ4n) is 0.914. The van der Waals surface area contributed by atoms with Crippen molar-refractivity contribution in [2.24, 2.45) is 5.92 Å². The third-order valence-corrected chi connectivity index (χ3v) is 2.68. The fraction of sp³-hybridized carbons (Fsp3) is 0.300. The Morgan fingerprint density at radius 2 is 1.76 bits per heavy atom. The quantitative estimate of drug-likeness (QED) is 0.316. The van der Waals surface area contributed by atoms with E-state index in [4.69, 9.17) is 9.29 Å². The van der Waals surface area contributed by atoms with E-state index in [2.05, 4.69) is 0 Å². The molecule has 7 heteroatoms. The van der Waals surface area contributed by atoms with Gasteiger partial charge in [0.25, 0.3) is 10.1 Å². The second-order valence-corrected chi connectivity index (χ2v) is 4.94. The van der Waals surface area contributed by atoms with Crippen LogP contribution in [0.1, 0.15) is 15.3 Å². The van der Waals surface area contributed by atoms with Crippen molar-refractivity contribution < 1.29 is 53.5 Å². The van der Waals surface area contributed by atoms with E-state index in [-0.39, 0.29) is 47.5 Å². The van der Waals surface area contributed by atoms with Crippen LogP contribution in [0, 0.1) is 5.92 Å². The predicted molar refractivity (Wildman–Crippen MR) is 57.8 cm³/mol. The van der Waals surface area contributed by atoms with Gasteiger partial charge >= 0.3 is 35.5 Å². The van der Waals surface area contributed by atoms with Crippen LogP contribution in [-0.2, 0) is 14.9 Å². The van der Waals surface area contributed by atoms with Crippen LogP contribution < -0.4 is 34.3 Å². The molecule has 0 saturated heterocycles. The zero-order valence-corrected chi connectivity index (χ0v) is 12.7. The van der Waals surface area contributed by atoms with Crippen molar-refractivity contribution in [3.63, 3.8) is 0 Å². The third kappa shape index (κ3) is 5.18. The van der Waals surface area contributed by atoms with Gasteiger partial charge in [-0.25, -0.2) is 0 Å². The molecule has 0 saturated carbocycles. The maximum Gasteiger partial charge on any atom is 1.00 e. The summed E-state index contributed by atoms with van der Waals surface area (Å²) in [4.78, 5) is 11.0. The number of benzene rings is 1. The van der Waals surface area contributed by atoms with Crippen LogP contribution in [0.15, 0.2) is 29.2 Å². The minimum atomic E-state index is -4.20. The van der Waals surface area contributed by atoms with Crippen LogP contribution in [0.3, 0.4) is 0 Å². The molecule has 1 aromatic carbocycles. The number of carbonyl (C=O) groups excluding carboxylic acids is 1. The Kier molecular flexibility index (Phi) is 6.36. The minimum absolute atomic E-state index is 0. The number of hydrogen-bond donors (Lipinski definition) is 1. The van der Waals surface area contributed by atoms with Gasteiger partial charge in [0.1, 0.15) is 5.75 Å². The van der Waals surface area contributed by atoms with Gasteiger partial charge in [0, 0.05) is 0 Å². The summed E-state index contributed by atoms with van der Waals surface area (Å²) >= 11 is 0. The van der Waals surface area contributed by atoms with Crippen molar-refractivity contribution in [2.75, 3.05) is 0 Å². The maximum absolute atomic E-state index is 11.2. The summed E-state index contributed by atoms with van der Waals surface area (Å²) in [6.45, 7) is 3.38. The Labute approximate surface area is 124 Å². The molecule has 17 heavy (non-hydrogen) atoms. The van der Waals surface area contributed by atoms with E-state index in [1.165, 1.54) is 12.1 Å². The van der Waals surface area contributed by atoms with E-state index >= 15 is 0 Å². The summed E-state index contributed by atoms with van der Waals surface area (Å²) in [7, 11) is -4.20. The largest absolute Gasteiger partial charge is 1.00 e. The molecule has 90 valence electrons. The van der Waals surface area contributed by atoms with Gasteiger partial charge in [0.05, 0.1) is 10.8 Å². The van der Waals surface area contributed by atoms with Gasteiger partial charge in [-0.05, 0) is 24.3 Å². The normalized spacial score (nSPS) is 10.8. The first-order valence-electron chi connectivity index (χ1n) is 4.60. The van der Waals surface area contributed by atoms with Crippen molar-refractivity contribution in [2.45, 2.75) is 18.7 Å². The molecule has 0 unspecified atom stereocenters. The third-order valence-electron chi connectivity index (χ3n) is 1.81. The number of carbonyl (C=O) groups is 1. The molecule has 0 heterocycles. The average molecular weight is 268 g/mol. The molecule has 0 radical (unpaired) electrons. The Hall–Kier alpha value is -0.400. The van der Waals surface area contributed by atoms with Crippen LogP contribution in [0.4, 0.5) is 0 Å². The molecule has 1 rings (SSSR count). The van der Waals surface area contributed by atoms with Gasteiger partial charge in [0.2, 0.25) is 0 Å². The molecule has 5 nitrogen and oxygen atoms in total. The van der Waals surface area contributed by atoms with E-state index in [9.17, 15) is 13.2 Å². The minimum Gasteiger partial charge on any atom is -1.00 e. The zero-order chi connectivity index (χ0) is 12.3. The SMILES string of the molecule is CC(C)C(=O)Oc1ccc(S(=O)(=O)O)cc1.[H-].[Na+]. The molecule has 0 aliphatic carbocycles. The van der Waals surface area contributed by atoms with Crippen LogP contribution in [-0.4, -0.2) is 18.9 Å². The predicted octanol–water partition coefficient (Wildman–Crippen LogP) is -1.39. The summed E-state index contributed by atoms with van der Waals surface area (Å²) in [5.41, 5.74) is 0. The molecule has 0 bridgehead atoms. The first-order chi connectivity index (χ1) is 7.30. The first-order valence-corrected chi connectivity index (χ1v) is 6.04. The molecule has 0 aliphatic rings. The van der Waals surface area contributed by atoms with Crippen LogP contribution in [0.5, 0.6) is 5.75 Å². The molecule has 0 amide bonds. The number of rotatable bonds is 3. The summed E-state index contributed by atoms with van der Waals surface area (Å²) in [5.74, 6) is -0.424. The Morgan fingerprint density at radius 3 is 2.12 bits per heavy atom. The van der Waals surface area contributed by atoms with E-state index in [1.807, 2.05) is 0 Å². The monoisotopic (exact) mass is 268 g/mol. The van der Waals surface area contributed by atoms with Crippen molar-refractivity contribution >= 4 is 16.1 Å². The molecule has 0 aromatic heterocycles. The van der Waals surface area contributed by atoms with Gasteiger partial charge in [-0.2, -0.15) is 8.42 Å². The van der Waals surface area contributed by atoms with E-state index in [1.54, 1.807) is 13.8 Å². The van der Waals surface area contributed by atoms with Gasteiger partial charge in [-0.1, -0.05) is 13.8 Å². The Bertz CT molecular complexity index is 483. The molecule has 1 N–H and O–H groups in total. The summed E-state index contributed by atoms with van der Waals surface area (Å²) in [6, 6.07) is 4.95. The second kappa shape index (κ2) is 6.51. The zero-order valence-electron chi connectivity index (χ0n) is 10.9. The van der Waals surface area contributed by atoms with Crippen LogP contribution in [0.2, 0.25) is 0 Å². The standard InChI is InChI=1S/C10H12O5S.Na.H/c1-7(2)10(11)15-8-3-5-9(6-4-8)16(12,13)14;;/h3-7H,1-2H3,(H,12,13,14);;/q;+1;-1. The number of hydrogen-bond acceptors (Lipinski definition) is 4. The van der Waals surface area contributed by atoms with Gasteiger partial charge in [-0.3, -0.25) is 9.35 Å². The van der Waals surface area contributed by atoms with Gasteiger partial charge in [-0.15, -0.1) is 0 Å². The smallest absolute Gasteiger partial charge is 1.00 e. The van der Waals surface area contributed by atoms with Crippen molar-refractivity contribution in [3.8, 4) is 5.75 Å². The Morgan fingerprint density at radius 1 is 1.29 bits per heavy atom. The Balaban J connectivity index is 0. The molecular formula is C10H13NaO5S. The first kappa shape index (κ1) is 16.6. The second-order valence-electron chi connectivity index (χ2n) is 3.52. The molecule has 0 spiro atoms. The summed E-state index contributed by atoms with van der Waals surface area (Å²) < 4.78 is 35.1. The van der Waals surface area contributed by atoms with Gasteiger partial charge in [0.15, 0.2) is 0 Å². The van der Waals surface area contributed by atoms with E-state index in [0.29, 0.717) is 0 Å². The molecule has 0 fully saturated rings. The molecular weight excluding hydrogens is 255 g/mol. The van der Waals surface area contributed by atoms with Crippen LogP contribution in [0.25, 0.3) is 0 Å². The maximum atomic E-state index is 11.2. The number of ether oxygens (including phenoxy) is 1. The van der Waals surface area contributed by atoms with Crippen LogP contribution >= 0.6 is 0 Å². The van der Waals surface area contributed by atoms with Crippen molar-refractivity contribution in [3.05, 3.63) is 24.3 Å². The average Bonchev–Trinajstić information content (AvgIpc) is 2.17. The molecule has 0 atom stereocenters. The molecule has 0 aliphatic heterocycles. The summed E-state index contributed by atoms with van der Waals surface area (Å²) in [5, 5.41) is 0. The van der Waals surface area contributed by atoms with E-state index < -0.39 is 16.1 Å². The summed E-state index contributed by atoms with van der Waals surface area (Å²) in [6.07, 6.45) is 0. The topological polar surface area (TPSA) is 80.7 Å². The molecule has 1 aromatic rings.